The van der Waals surface area contributed by atoms with Gasteiger partial charge in [0, 0.05) is 24.2 Å². The second-order valence-electron chi connectivity index (χ2n) is 3.63. The maximum Gasteiger partial charge on any atom is 0.134 e. The third-order valence-corrected chi connectivity index (χ3v) is 2.50. The van der Waals surface area contributed by atoms with E-state index in [-0.39, 0.29) is 0 Å². The van der Waals surface area contributed by atoms with E-state index in [0.717, 1.165) is 17.0 Å². The summed E-state index contributed by atoms with van der Waals surface area (Å²) in [4.78, 5) is 0. The van der Waals surface area contributed by atoms with Crippen molar-refractivity contribution in [1.82, 2.24) is 15.0 Å². The van der Waals surface area contributed by atoms with Gasteiger partial charge in [0.05, 0.1) is 6.20 Å². The molecule has 0 bridgehead atoms. The number of ether oxygens (including phenoxy) is 1. The summed E-state index contributed by atoms with van der Waals surface area (Å²) in [5.41, 5.74) is 7.27. The SMILES string of the molecule is Cn1cc(COc2ccc(Cl)cc2CN)nn1. The first-order valence-corrected chi connectivity index (χ1v) is 5.53. The normalized spacial score (nSPS) is 10.5. The summed E-state index contributed by atoms with van der Waals surface area (Å²) >= 11 is 5.88. The molecule has 6 heteroatoms. The summed E-state index contributed by atoms with van der Waals surface area (Å²) in [5.74, 6) is 0.725. The summed E-state index contributed by atoms with van der Waals surface area (Å²) in [5, 5.41) is 8.41. The maximum atomic E-state index is 5.88. The summed E-state index contributed by atoms with van der Waals surface area (Å²) in [6.07, 6.45) is 1.80. The van der Waals surface area contributed by atoms with Gasteiger partial charge in [0.1, 0.15) is 18.1 Å². The van der Waals surface area contributed by atoms with Crippen LogP contribution in [0.4, 0.5) is 0 Å². The van der Waals surface area contributed by atoms with Crippen LogP contribution in [-0.2, 0) is 20.2 Å². The molecular formula is C11H13ClN4O. The highest BCUT2D eigenvalue weighted by Gasteiger charge is 2.05. The zero-order valence-corrected chi connectivity index (χ0v) is 10.2. The van der Waals surface area contributed by atoms with Gasteiger partial charge in [-0.1, -0.05) is 16.8 Å². The molecule has 0 atom stereocenters. The Morgan fingerprint density at radius 1 is 1.47 bits per heavy atom. The lowest BCUT2D eigenvalue weighted by molar-refractivity contribution is 0.298. The van der Waals surface area contributed by atoms with Gasteiger partial charge in [-0.05, 0) is 18.2 Å². The molecule has 1 heterocycles. The summed E-state index contributed by atoms with van der Waals surface area (Å²) in [6.45, 7) is 0.749. The van der Waals surface area contributed by atoms with Crippen LogP contribution in [0.25, 0.3) is 0 Å². The molecular weight excluding hydrogens is 240 g/mol. The number of hydrogen-bond donors (Lipinski definition) is 1. The van der Waals surface area contributed by atoms with Gasteiger partial charge in [-0.25, -0.2) is 0 Å². The first kappa shape index (κ1) is 11.9. The minimum Gasteiger partial charge on any atom is -0.487 e. The Balaban J connectivity index is 2.08. The van der Waals surface area contributed by atoms with Crippen LogP contribution >= 0.6 is 11.6 Å². The molecule has 1 aromatic carbocycles. The van der Waals surface area contributed by atoms with Gasteiger partial charge in [-0.2, -0.15) is 0 Å². The Morgan fingerprint density at radius 3 is 2.94 bits per heavy atom. The van der Waals surface area contributed by atoms with E-state index < -0.39 is 0 Å². The number of aryl methyl sites for hydroxylation is 1. The van der Waals surface area contributed by atoms with Gasteiger partial charge in [-0.15, -0.1) is 5.10 Å². The van der Waals surface area contributed by atoms with Gasteiger partial charge in [0.15, 0.2) is 0 Å². The topological polar surface area (TPSA) is 66.0 Å². The Kier molecular flexibility index (Phi) is 3.61. The van der Waals surface area contributed by atoms with Crippen LogP contribution in [0.3, 0.4) is 0 Å². The van der Waals surface area contributed by atoms with Crippen LogP contribution in [0, 0.1) is 0 Å². The van der Waals surface area contributed by atoms with Crippen LogP contribution in [0.15, 0.2) is 24.4 Å². The van der Waals surface area contributed by atoms with Crippen molar-refractivity contribution < 1.29 is 4.74 Å². The molecule has 2 aromatic rings. The summed E-state index contributed by atoms with van der Waals surface area (Å²) in [7, 11) is 1.81. The number of rotatable bonds is 4. The van der Waals surface area contributed by atoms with Gasteiger partial charge < -0.3 is 10.5 Å². The van der Waals surface area contributed by atoms with E-state index >= 15 is 0 Å². The molecule has 0 aliphatic rings. The van der Waals surface area contributed by atoms with E-state index in [1.165, 1.54) is 0 Å². The van der Waals surface area contributed by atoms with E-state index in [9.17, 15) is 0 Å². The van der Waals surface area contributed by atoms with Crippen molar-refractivity contribution in [1.29, 1.82) is 0 Å². The molecule has 2 rings (SSSR count). The predicted molar refractivity (Wildman–Crippen MR) is 64.7 cm³/mol. The molecule has 0 radical (unpaired) electrons. The molecule has 90 valence electrons. The van der Waals surface area contributed by atoms with Gasteiger partial charge in [0.25, 0.3) is 0 Å². The highest BCUT2D eigenvalue weighted by atomic mass is 35.5. The largest absolute Gasteiger partial charge is 0.487 e. The highest BCUT2D eigenvalue weighted by Crippen LogP contribution is 2.23. The Labute approximate surface area is 104 Å². The van der Waals surface area contributed by atoms with Gasteiger partial charge in [-0.3, -0.25) is 4.68 Å². The van der Waals surface area contributed by atoms with Gasteiger partial charge in [0.2, 0.25) is 0 Å². The van der Waals surface area contributed by atoms with Crippen LogP contribution in [0.1, 0.15) is 11.3 Å². The van der Waals surface area contributed by atoms with Crippen molar-refractivity contribution in [2.45, 2.75) is 13.2 Å². The number of benzene rings is 1. The molecule has 0 saturated carbocycles. The third-order valence-electron chi connectivity index (χ3n) is 2.27. The first-order chi connectivity index (χ1) is 8.19. The van der Waals surface area contributed by atoms with Crippen LogP contribution in [-0.4, -0.2) is 15.0 Å². The first-order valence-electron chi connectivity index (χ1n) is 5.15. The summed E-state index contributed by atoms with van der Waals surface area (Å²) < 4.78 is 7.26. The average Bonchev–Trinajstić information content (AvgIpc) is 2.73. The Hall–Kier alpha value is -1.59. The number of nitrogens with zero attached hydrogens (tertiary/aromatic N) is 3. The van der Waals surface area contributed by atoms with Gasteiger partial charge >= 0.3 is 0 Å². The van der Waals surface area contributed by atoms with Crippen molar-refractivity contribution in [3.05, 3.63) is 40.7 Å². The number of hydrogen-bond acceptors (Lipinski definition) is 4. The number of nitrogens with two attached hydrogens (primary N) is 1. The lowest BCUT2D eigenvalue weighted by Gasteiger charge is -2.09. The molecule has 0 saturated heterocycles. The number of halogens is 1. The summed E-state index contributed by atoms with van der Waals surface area (Å²) in [6, 6.07) is 5.38. The maximum absolute atomic E-state index is 5.88. The van der Waals surface area contributed by atoms with Crippen molar-refractivity contribution in [2.75, 3.05) is 0 Å². The smallest absolute Gasteiger partial charge is 0.134 e. The highest BCUT2D eigenvalue weighted by molar-refractivity contribution is 6.30. The van der Waals surface area contributed by atoms with Crippen molar-refractivity contribution in [3.63, 3.8) is 0 Å². The van der Waals surface area contributed by atoms with E-state index in [0.29, 0.717) is 18.2 Å². The predicted octanol–water partition coefficient (Wildman–Crippen LogP) is 1.51. The minimum absolute atomic E-state index is 0.364. The van der Waals surface area contributed by atoms with Crippen molar-refractivity contribution >= 4 is 11.6 Å². The van der Waals surface area contributed by atoms with E-state index in [1.54, 1.807) is 29.1 Å². The minimum atomic E-state index is 0.364. The fourth-order valence-electron chi connectivity index (χ4n) is 1.46. The van der Waals surface area contributed by atoms with E-state index in [1.807, 2.05) is 7.05 Å². The van der Waals surface area contributed by atoms with Crippen LogP contribution in [0.2, 0.25) is 5.02 Å². The molecule has 0 aliphatic carbocycles. The van der Waals surface area contributed by atoms with E-state index in [4.69, 9.17) is 22.1 Å². The molecule has 0 amide bonds. The molecule has 0 spiro atoms. The quantitative estimate of drug-likeness (QED) is 0.896. The molecule has 0 unspecified atom stereocenters. The third kappa shape index (κ3) is 2.95. The Morgan fingerprint density at radius 2 is 2.29 bits per heavy atom. The monoisotopic (exact) mass is 252 g/mol. The fraction of sp³-hybridized carbons (Fsp3) is 0.273. The molecule has 0 fully saturated rings. The number of aromatic nitrogens is 3. The van der Waals surface area contributed by atoms with Crippen molar-refractivity contribution in [3.8, 4) is 5.75 Å². The second-order valence-corrected chi connectivity index (χ2v) is 4.06. The van der Waals surface area contributed by atoms with Crippen molar-refractivity contribution in [2.24, 2.45) is 12.8 Å². The average molecular weight is 253 g/mol. The standard InChI is InChI=1S/C11H13ClN4O/c1-16-6-10(14-15-16)7-17-11-3-2-9(12)4-8(11)5-13/h2-4,6H,5,7,13H2,1H3. The lowest BCUT2D eigenvalue weighted by atomic mass is 10.2. The zero-order valence-electron chi connectivity index (χ0n) is 9.43. The molecule has 0 aliphatic heterocycles. The fourth-order valence-corrected chi connectivity index (χ4v) is 1.66. The molecule has 1 aromatic heterocycles. The zero-order chi connectivity index (χ0) is 12.3. The molecule has 2 N–H and O–H groups in total. The second kappa shape index (κ2) is 5.16. The lowest BCUT2D eigenvalue weighted by Crippen LogP contribution is -2.03. The molecule has 17 heavy (non-hydrogen) atoms. The van der Waals surface area contributed by atoms with Crippen LogP contribution in [0.5, 0.6) is 5.75 Å². The molecule has 5 nitrogen and oxygen atoms in total. The van der Waals surface area contributed by atoms with Crippen LogP contribution < -0.4 is 10.5 Å². The Bertz CT molecular complexity index is 512. The van der Waals surface area contributed by atoms with E-state index in [2.05, 4.69) is 10.3 Å².